The van der Waals surface area contributed by atoms with Gasteiger partial charge in [0.1, 0.15) is 11.1 Å². The Labute approximate surface area is 182 Å². The molecule has 3 aliphatic rings. The largest absolute Gasteiger partial charge is 0.454 e. The Hall–Kier alpha value is -3.81. The molecule has 1 N–H and O–H groups in total. The van der Waals surface area contributed by atoms with Crippen LogP contribution in [-0.4, -0.2) is 23.6 Å². The van der Waals surface area contributed by atoms with Crippen LogP contribution in [0.5, 0.6) is 11.5 Å². The molecule has 0 spiro atoms. The summed E-state index contributed by atoms with van der Waals surface area (Å²) in [4.78, 5) is 39.6. The second-order valence-corrected chi connectivity index (χ2v) is 8.58. The molecule has 162 valence electrons. The third kappa shape index (κ3) is 2.72. The van der Waals surface area contributed by atoms with Crippen molar-refractivity contribution in [2.45, 2.75) is 38.3 Å². The Kier molecular flexibility index (Phi) is 3.90. The summed E-state index contributed by atoms with van der Waals surface area (Å²) in [5.74, 6) is 0.731. The highest BCUT2D eigenvalue weighted by Crippen LogP contribution is 2.38. The first kappa shape index (κ1) is 18.9. The van der Waals surface area contributed by atoms with E-state index in [-0.39, 0.29) is 13.3 Å². The lowest BCUT2D eigenvalue weighted by Gasteiger charge is -2.22. The van der Waals surface area contributed by atoms with Gasteiger partial charge in [0.2, 0.25) is 6.79 Å². The zero-order valence-corrected chi connectivity index (χ0v) is 17.4. The first-order chi connectivity index (χ1) is 15.4. The van der Waals surface area contributed by atoms with Crippen LogP contribution in [0.25, 0.3) is 11.0 Å². The molecule has 3 aromatic rings. The van der Waals surface area contributed by atoms with Crippen LogP contribution in [0, 0.1) is 0 Å². The predicted molar refractivity (Wildman–Crippen MR) is 114 cm³/mol. The Morgan fingerprint density at radius 2 is 1.78 bits per heavy atom. The first-order valence-corrected chi connectivity index (χ1v) is 10.6. The highest BCUT2D eigenvalue weighted by atomic mass is 16.7. The van der Waals surface area contributed by atoms with Crippen molar-refractivity contribution in [3.05, 3.63) is 69.1 Å². The van der Waals surface area contributed by atoms with Crippen LogP contribution in [0.3, 0.4) is 0 Å². The number of carbonyl (C=O) groups excluding carboxylic acids is 2. The Bertz CT molecular complexity index is 1380. The molecule has 1 aliphatic carbocycles. The van der Waals surface area contributed by atoms with Crippen LogP contribution >= 0.6 is 0 Å². The zero-order chi connectivity index (χ0) is 22.0. The maximum Gasteiger partial charge on any atom is 0.336 e. The highest BCUT2D eigenvalue weighted by molar-refractivity contribution is 6.07. The number of rotatable bonds is 3. The number of carbonyl (C=O) groups is 2. The van der Waals surface area contributed by atoms with Crippen LogP contribution in [0.1, 0.15) is 35.6 Å². The lowest BCUT2D eigenvalue weighted by molar-refractivity contribution is -0.131. The summed E-state index contributed by atoms with van der Waals surface area (Å²) < 4.78 is 16.2. The second-order valence-electron chi connectivity index (χ2n) is 8.58. The van der Waals surface area contributed by atoms with Crippen molar-refractivity contribution in [1.82, 2.24) is 10.2 Å². The zero-order valence-electron chi connectivity index (χ0n) is 17.4. The standard InChI is InChI=1S/C24H20N2O6/c1-24(16-5-6-18-20(10-16)31-12-30-18)22(28)26(23(29)25-24)11-15-9-21(27)32-19-8-14-4-2-3-13(14)7-17(15)19/h5-10H,2-4,11-12H2,1H3,(H,25,29)/t24-/m0/s1. The van der Waals surface area contributed by atoms with Crippen LogP contribution < -0.4 is 20.4 Å². The molecule has 0 bridgehead atoms. The summed E-state index contributed by atoms with van der Waals surface area (Å²) >= 11 is 0. The molecular weight excluding hydrogens is 412 g/mol. The summed E-state index contributed by atoms with van der Waals surface area (Å²) in [5, 5.41) is 3.55. The summed E-state index contributed by atoms with van der Waals surface area (Å²) in [5.41, 5.74) is 2.31. The van der Waals surface area contributed by atoms with Gasteiger partial charge in [-0.2, -0.15) is 0 Å². The second kappa shape index (κ2) is 6.59. The first-order valence-electron chi connectivity index (χ1n) is 10.6. The number of hydrogen-bond donors (Lipinski definition) is 1. The van der Waals surface area contributed by atoms with Crippen molar-refractivity contribution in [1.29, 1.82) is 0 Å². The number of fused-ring (bicyclic) bond motifs is 3. The van der Waals surface area contributed by atoms with Crippen LogP contribution in [0.2, 0.25) is 0 Å². The van der Waals surface area contributed by atoms with Gasteiger partial charge in [-0.15, -0.1) is 0 Å². The van der Waals surface area contributed by atoms with E-state index in [1.165, 1.54) is 17.2 Å². The minimum absolute atomic E-state index is 0.0221. The fourth-order valence-electron chi connectivity index (χ4n) is 4.84. The van der Waals surface area contributed by atoms with Gasteiger partial charge in [0.05, 0.1) is 6.54 Å². The average Bonchev–Trinajstić information content (AvgIpc) is 3.47. The van der Waals surface area contributed by atoms with Crippen molar-refractivity contribution in [3.63, 3.8) is 0 Å². The van der Waals surface area contributed by atoms with Gasteiger partial charge >= 0.3 is 11.7 Å². The summed E-state index contributed by atoms with van der Waals surface area (Å²) in [7, 11) is 0. The number of amides is 3. The third-order valence-corrected chi connectivity index (χ3v) is 6.60. The smallest absolute Gasteiger partial charge is 0.336 e. The normalized spacial score (nSPS) is 21.3. The maximum atomic E-state index is 13.4. The molecule has 0 unspecified atom stereocenters. The quantitative estimate of drug-likeness (QED) is 0.505. The fourth-order valence-corrected chi connectivity index (χ4v) is 4.84. The molecule has 1 atom stereocenters. The van der Waals surface area contributed by atoms with Crippen molar-refractivity contribution in [2.24, 2.45) is 0 Å². The van der Waals surface area contributed by atoms with E-state index in [9.17, 15) is 14.4 Å². The molecule has 8 heteroatoms. The molecule has 6 rings (SSSR count). The van der Waals surface area contributed by atoms with Crippen LogP contribution in [0.4, 0.5) is 4.79 Å². The lowest BCUT2D eigenvalue weighted by Crippen LogP contribution is -2.40. The van der Waals surface area contributed by atoms with E-state index in [1.807, 2.05) is 12.1 Å². The van der Waals surface area contributed by atoms with Gasteiger partial charge in [-0.25, -0.2) is 9.59 Å². The molecule has 2 aliphatic heterocycles. The molecule has 8 nitrogen and oxygen atoms in total. The molecule has 0 radical (unpaired) electrons. The van der Waals surface area contributed by atoms with Gasteiger partial charge in [0.25, 0.3) is 5.91 Å². The van der Waals surface area contributed by atoms with E-state index in [2.05, 4.69) is 5.32 Å². The molecule has 2 aromatic carbocycles. The minimum atomic E-state index is -1.26. The van der Waals surface area contributed by atoms with E-state index in [0.717, 1.165) is 29.5 Å². The van der Waals surface area contributed by atoms with E-state index < -0.39 is 23.1 Å². The number of ether oxygens (including phenoxy) is 2. The average molecular weight is 432 g/mol. The molecule has 0 saturated carbocycles. The Morgan fingerprint density at radius 3 is 2.62 bits per heavy atom. The molecule has 1 aromatic heterocycles. The minimum Gasteiger partial charge on any atom is -0.454 e. The molecule has 3 heterocycles. The van der Waals surface area contributed by atoms with Gasteiger partial charge in [0.15, 0.2) is 11.5 Å². The number of aryl methyl sites for hydroxylation is 2. The molecular formula is C24H20N2O6. The van der Waals surface area contributed by atoms with E-state index >= 15 is 0 Å². The number of nitrogens with one attached hydrogen (secondary N) is 1. The fraction of sp³-hybridized carbons (Fsp3) is 0.292. The van der Waals surface area contributed by atoms with E-state index in [4.69, 9.17) is 13.9 Å². The molecule has 32 heavy (non-hydrogen) atoms. The topological polar surface area (TPSA) is 98.1 Å². The third-order valence-electron chi connectivity index (χ3n) is 6.60. The highest BCUT2D eigenvalue weighted by Gasteiger charge is 2.49. The van der Waals surface area contributed by atoms with Crippen molar-refractivity contribution in [3.8, 4) is 11.5 Å². The van der Waals surface area contributed by atoms with E-state index in [1.54, 1.807) is 25.1 Å². The summed E-state index contributed by atoms with van der Waals surface area (Å²) in [6.07, 6.45) is 2.99. The SMILES string of the molecule is C[C@@]1(c2ccc3c(c2)OCO3)NC(=O)N(Cc2cc(=O)oc3cc4c(cc23)CCC4)C1=O. The predicted octanol–water partition coefficient (Wildman–Crippen LogP) is 2.98. The Balaban J connectivity index is 1.37. The van der Waals surface area contributed by atoms with Gasteiger partial charge < -0.3 is 19.2 Å². The number of urea groups is 1. The monoisotopic (exact) mass is 432 g/mol. The van der Waals surface area contributed by atoms with E-state index in [0.29, 0.717) is 28.2 Å². The van der Waals surface area contributed by atoms with Gasteiger partial charge in [-0.3, -0.25) is 9.69 Å². The van der Waals surface area contributed by atoms with Gasteiger partial charge in [-0.05, 0) is 72.7 Å². The van der Waals surface area contributed by atoms with Crippen molar-refractivity contribution >= 4 is 22.9 Å². The maximum absolute atomic E-state index is 13.4. The number of nitrogens with zero attached hydrogens (tertiary/aromatic N) is 1. The summed E-state index contributed by atoms with van der Waals surface area (Å²) in [6.45, 7) is 1.76. The molecule has 1 fully saturated rings. The molecule has 1 saturated heterocycles. The van der Waals surface area contributed by atoms with Crippen molar-refractivity contribution in [2.75, 3.05) is 6.79 Å². The molecule has 3 amide bonds. The lowest BCUT2D eigenvalue weighted by atomic mass is 9.91. The Morgan fingerprint density at radius 1 is 1.00 bits per heavy atom. The van der Waals surface area contributed by atoms with Gasteiger partial charge in [0, 0.05) is 11.5 Å². The number of imide groups is 1. The van der Waals surface area contributed by atoms with Crippen LogP contribution in [0.15, 0.2) is 45.6 Å². The van der Waals surface area contributed by atoms with Crippen molar-refractivity contribution < 1.29 is 23.5 Å². The van der Waals surface area contributed by atoms with Crippen LogP contribution in [-0.2, 0) is 29.7 Å². The number of hydrogen-bond acceptors (Lipinski definition) is 6. The van der Waals surface area contributed by atoms with Gasteiger partial charge in [-0.1, -0.05) is 6.07 Å². The summed E-state index contributed by atoms with van der Waals surface area (Å²) in [6, 6.07) is 9.95. The number of benzene rings is 2.